The number of hydrogen-bond acceptors (Lipinski definition) is 6. The zero-order valence-corrected chi connectivity index (χ0v) is 9.70. The van der Waals surface area contributed by atoms with Gasteiger partial charge in [-0.2, -0.15) is 5.10 Å². The highest BCUT2D eigenvalue weighted by Crippen LogP contribution is 2.22. The number of rotatable bonds is 2. The maximum absolute atomic E-state index is 11.9. The minimum Gasteiger partial charge on any atom is -0.451 e. The summed E-state index contributed by atoms with van der Waals surface area (Å²) in [7, 11) is 0. The minimum atomic E-state index is -0.442. The summed E-state index contributed by atoms with van der Waals surface area (Å²) in [5, 5.41) is 10.5. The number of benzene rings is 1. The maximum atomic E-state index is 11.9. The Kier molecular flexibility index (Phi) is 2.57. The SMILES string of the molecule is Nc1ccc2oc(C(=O)Nc3nccnn3)cc2c1. The van der Waals surface area contributed by atoms with Crippen LogP contribution in [0.3, 0.4) is 0 Å². The number of nitrogens with one attached hydrogen (secondary N) is 1. The molecule has 0 saturated heterocycles. The van der Waals surface area contributed by atoms with Gasteiger partial charge in [0, 0.05) is 11.1 Å². The van der Waals surface area contributed by atoms with Crippen LogP contribution in [-0.2, 0) is 0 Å². The summed E-state index contributed by atoms with van der Waals surface area (Å²) in [5.74, 6) is -0.164. The Morgan fingerprint density at radius 1 is 1.26 bits per heavy atom. The van der Waals surface area contributed by atoms with Crippen molar-refractivity contribution in [3.63, 3.8) is 0 Å². The minimum absolute atomic E-state index is 0.118. The maximum Gasteiger partial charge on any atom is 0.293 e. The summed E-state index contributed by atoms with van der Waals surface area (Å²) in [6.45, 7) is 0. The van der Waals surface area contributed by atoms with Crippen molar-refractivity contribution in [2.75, 3.05) is 11.1 Å². The third-order valence-corrected chi connectivity index (χ3v) is 2.47. The Bertz CT molecular complexity index is 738. The highest BCUT2D eigenvalue weighted by molar-refractivity contribution is 6.03. The van der Waals surface area contributed by atoms with E-state index in [9.17, 15) is 4.79 Å². The predicted octanol–water partition coefficient (Wildman–Crippen LogP) is 1.45. The van der Waals surface area contributed by atoms with E-state index < -0.39 is 5.91 Å². The number of carbonyl (C=O) groups is 1. The van der Waals surface area contributed by atoms with Gasteiger partial charge in [0.25, 0.3) is 5.91 Å². The van der Waals surface area contributed by atoms with Gasteiger partial charge >= 0.3 is 0 Å². The second kappa shape index (κ2) is 4.37. The molecule has 0 aliphatic rings. The van der Waals surface area contributed by atoms with Gasteiger partial charge < -0.3 is 10.2 Å². The van der Waals surface area contributed by atoms with Gasteiger partial charge in [0.05, 0.1) is 12.4 Å². The lowest BCUT2D eigenvalue weighted by Crippen LogP contribution is -2.13. The number of amides is 1. The molecule has 19 heavy (non-hydrogen) atoms. The first kappa shape index (κ1) is 11.1. The topological polar surface area (TPSA) is 107 Å². The van der Waals surface area contributed by atoms with Crippen molar-refractivity contribution in [3.05, 3.63) is 42.4 Å². The van der Waals surface area contributed by atoms with Crippen LogP contribution in [0, 0.1) is 0 Å². The molecule has 0 bridgehead atoms. The molecule has 7 heteroatoms. The van der Waals surface area contributed by atoms with Crippen molar-refractivity contribution in [1.29, 1.82) is 0 Å². The van der Waals surface area contributed by atoms with E-state index in [4.69, 9.17) is 10.2 Å². The van der Waals surface area contributed by atoms with Crippen molar-refractivity contribution < 1.29 is 9.21 Å². The Labute approximate surface area is 107 Å². The highest BCUT2D eigenvalue weighted by Gasteiger charge is 2.13. The molecule has 94 valence electrons. The van der Waals surface area contributed by atoms with E-state index in [-0.39, 0.29) is 11.7 Å². The lowest BCUT2D eigenvalue weighted by atomic mass is 10.2. The summed E-state index contributed by atoms with van der Waals surface area (Å²) >= 11 is 0. The Balaban J connectivity index is 1.89. The number of furan rings is 1. The molecular weight excluding hydrogens is 246 g/mol. The fraction of sp³-hybridized carbons (Fsp3) is 0. The smallest absolute Gasteiger partial charge is 0.293 e. The van der Waals surface area contributed by atoms with Gasteiger partial charge in [-0.3, -0.25) is 10.1 Å². The van der Waals surface area contributed by atoms with E-state index in [1.807, 2.05) is 0 Å². The van der Waals surface area contributed by atoms with Gasteiger partial charge in [-0.1, -0.05) is 0 Å². The van der Waals surface area contributed by atoms with Crippen LogP contribution in [-0.4, -0.2) is 21.1 Å². The van der Waals surface area contributed by atoms with E-state index in [1.54, 1.807) is 24.3 Å². The van der Waals surface area contributed by atoms with E-state index in [1.165, 1.54) is 12.4 Å². The molecule has 0 fully saturated rings. The number of carbonyl (C=O) groups excluding carboxylic acids is 1. The van der Waals surface area contributed by atoms with Crippen LogP contribution in [0.1, 0.15) is 10.6 Å². The van der Waals surface area contributed by atoms with Gasteiger partial charge in [-0.15, -0.1) is 5.10 Å². The predicted molar refractivity (Wildman–Crippen MR) is 68.4 cm³/mol. The molecule has 0 atom stereocenters. The number of hydrogen-bond donors (Lipinski definition) is 2. The standard InChI is InChI=1S/C12H9N5O2/c13-8-1-2-9-7(5-8)6-10(19-9)11(18)16-12-14-3-4-15-17-12/h1-6H,13H2,(H,14,16,17,18). The lowest BCUT2D eigenvalue weighted by molar-refractivity contribution is 0.0997. The van der Waals surface area contributed by atoms with Crippen LogP contribution in [0.15, 0.2) is 41.1 Å². The van der Waals surface area contributed by atoms with Crippen molar-refractivity contribution in [1.82, 2.24) is 15.2 Å². The highest BCUT2D eigenvalue weighted by atomic mass is 16.3. The molecule has 3 N–H and O–H groups in total. The molecule has 0 unspecified atom stereocenters. The lowest BCUT2D eigenvalue weighted by Gasteiger charge is -1.98. The van der Waals surface area contributed by atoms with Gasteiger partial charge in [0.2, 0.25) is 5.95 Å². The quantitative estimate of drug-likeness (QED) is 0.671. The zero-order valence-electron chi connectivity index (χ0n) is 9.70. The molecule has 0 aliphatic heterocycles. The first-order valence-corrected chi connectivity index (χ1v) is 5.46. The van der Waals surface area contributed by atoms with E-state index >= 15 is 0 Å². The zero-order chi connectivity index (χ0) is 13.2. The van der Waals surface area contributed by atoms with Gasteiger partial charge in [0.1, 0.15) is 5.58 Å². The second-order valence-corrected chi connectivity index (χ2v) is 3.83. The normalized spacial score (nSPS) is 10.5. The number of nitrogen functional groups attached to an aromatic ring is 1. The van der Waals surface area contributed by atoms with Crippen molar-refractivity contribution in [2.24, 2.45) is 0 Å². The molecule has 1 amide bonds. The fourth-order valence-corrected chi connectivity index (χ4v) is 1.64. The summed E-state index contributed by atoms with van der Waals surface area (Å²) in [5.41, 5.74) is 6.86. The molecule has 3 aromatic rings. The first-order chi connectivity index (χ1) is 9.22. The molecule has 0 aliphatic carbocycles. The largest absolute Gasteiger partial charge is 0.451 e. The Hall–Kier alpha value is -2.96. The van der Waals surface area contributed by atoms with E-state index in [0.29, 0.717) is 11.3 Å². The Morgan fingerprint density at radius 2 is 2.16 bits per heavy atom. The number of nitrogens with zero attached hydrogens (tertiary/aromatic N) is 3. The molecule has 7 nitrogen and oxygen atoms in total. The van der Waals surface area contributed by atoms with Crippen LogP contribution < -0.4 is 11.1 Å². The number of anilines is 2. The summed E-state index contributed by atoms with van der Waals surface area (Å²) in [4.78, 5) is 15.8. The van der Waals surface area contributed by atoms with Crippen LogP contribution in [0.25, 0.3) is 11.0 Å². The van der Waals surface area contributed by atoms with Crippen molar-refractivity contribution >= 4 is 28.5 Å². The van der Waals surface area contributed by atoms with Gasteiger partial charge in [-0.05, 0) is 24.3 Å². The summed E-state index contributed by atoms with van der Waals surface area (Å²) in [6, 6.07) is 6.76. The molecule has 3 rings (SSSR count). The van der Waals surface area contributed by atoms with Crippen LogP contribution >= 0.6 is 0 Å². The first-order valence-electron chi connectivity index (χ1n) is 5.46. The monoisotopic (exact) mass is 255 g/mol. The average Bonchev–Trinajstić information content (AvgIpc) is 2.83. The third kappa shape index (κ3) is 2.21. The van der Waals surface area contributed by atoms with Crippen LogP contribution in [0.5, 0.6) is 0 Å². The van der Waals surface area contributed by atoms with Crippen LogP contribution in [0.4, 0.5) is 11.6 Å². The molecule has 0 saturated carbocycles. The summed E-state index contributed by atoms with van der Waals surface area (Å²) < 4.78 is 5.41. The van der Waals surface area contributed by atoms with Gasteiger partial charge in [-0.25, -0.2) is 4.98 Å². The molecular formula is C12H9N5O2. The van der Waals surface area contributed by atoms with Crippen LogP contribution in [0.2, 0.25) is 0 Å². The number of aromatic nitrogens is 3. The third-order valence-electron chi connectivity index (χ3n) is 2.47. The molecule has 0 spiro atoms. The molecule has 2 aromatic heterocycles. The fourth-order valence-electron chi connectivity index (χ4n) is 1.64. The average molecular weight is 255 g/mol. The van der Waals surface area contributed by atoms with Crippen molar-refractivity contribution in [2.45, 2.75) is 0 Å². The molecule has 2 heterocycles. The number of fused-ring (bicyclic) bond motifs is 1. The second-order valence-electron chi connectivity index (χ2n) is 3.83. The van der Waals surface area contributed by atoms with E-state index in [2.05, 4.69) is 20.5 Å². The van der Waals surface area contributed by atoms with Crippen molar-refractivity contribution in [3.8, 4) is 0 Å². The number of nitrogens with two attached hydrogens (primary N) is 1. The van der Waals surface area contributed by atoms with E-state index in [0.717, 1.165) is 5.39 Å². The molecule has 0 radical (unpaired) electrons. The Morgan fingerprint density at radius 3 is 2.95 bits per heavy atom. The van der Waals surface area contributed by atoms with Gasteiger partial charge in [0.15, 0.2) is 5.76 Å². The summed E-state index contributed by atoms with van der Waals surface area (Å²) in [6.07, 6.45) is 2.85. The molecule has 1 aromatic carbocycles.